The number of ketones is 2. The average molecular weight is 355 g/mol. The van der Waals surface area contributed by atoms with Crippen molar-refractivity contribution in [1.82, 2.24) is 4.37 Å². The van der Waals surface area contributed by atoms with Crippen molar-refractivity contribution < 1.29 is 9.59 Å². The minimum atomic E-state index is 0.0271. The zero-order valence-electron chi connectivity index (χ0n) is 13.7. The predicted molar refractivity (Wildman–Crippen MR) is 103 cm³/mol. The van der Waals surface area contributed by atoms with Gasteiger partial charge >= 0.3 is 0 Å². The number of carbonyl (C=O) groups excluding carboxylic acids is 2. The van der Waals surface area contributed by atoms with E-state index in [0.717, 1.165) is 26.9 Å². The van der Waals surface area contributed by atoms with Crippen LogP contribution in [0.4, 0.5) is 0 Å². The molecule has 0 radical (unpaired) electrons. The molecule has 0 spiro atoms. The number of fused-ring (bicyclic) bond motifs is 2. The summed E-state index contributed by atoms with van der Waals surface area (Å²) >= 11 is 1.37. The average Bonchev–Trinajstić information content (AvgIpc) is 3.14. The third kappa shape index (κ3) is 2.16. The number of benzene rings is 3. The van der Waals surface area contributed by atoms with Crippen LogP contribution in [0.1, 0.15) is 31.8 Å². The van der Waals surface area contributed by atoms with Crippen LogP contribution >= 0.6 is 11.5 Å². The molecule has 4 aromatic rings. The maximum absolute atomic E-state index is 12.9. The minimum Gasteiger partial charge on any atom is -0.294 e. The van der Waals surface area contributed by atoms with Gasteiger partial charge in [-0.25, -0.2) is 0 Å². The fraction of sp³-hybridized carbons (Fsp3) is 0.0455. The van der Waals surface area contributed by atoms with Crippen molar-refractivity contribution in [3.8, 4) is 11.3 Å². The van der Waals surface area contributed by atoms with Crippen LogP contribution in [-0.2, 0) is 6.42 Å². The first-order valence-electron chi connectivity index (χ1n) is 8.37. The molecule has 0 saturated heterocycles. The van der Waals surface area contributed by atoms with Gasteiger partial charge in [0.25, 0.3) is 0 Å². The van der Waals surface area contributed by atoms with Gasteiger partial charge in [0.15, 0.2) is 11.6 Å². The van der Waals surface area contributed by atoms with Gasteiger partial charge in [0.2, 0.25) is 0 Å². The number of rotatable bonds is 3. The summed E-state index contributed by atoms with van der Waals surface area (Å²) < 4.78 is 5.56. The molecular formula is C22H13NO2S. The number of hydrogen-bond donors (Lipinski definition) is 0. The lowest BCUT2D eigenvalue weighted by molar-refractivity contribution is 0.0992. The van der Waals surface area contributed by atoms with Crippen molar-refractivity contribution in [2.24, 2.45) is 0 Å². The quantitative estimate of drug-likeness (QED) is 0.431. The van der Waals surface area contributed by atoms with Crippen LogP contribution in [-0.4, -0.2) is 15.9 Å². The van der Waals surface area contributed by atoms with Crippen molar-refractivity contribution in [3.05, 3.63) is 89.0 Å². The SMILES string of the molecule is O=C(Cc1ccc2c3c(nsc13)-c1ccccc1C2=O)c1ccccc1. The first kappa shape index (κ1) is 15.2. The Kier molecular flexibility index (Phi) is 3.33. The Morgan fingerprint density at radius 2 is 1.58 bits per heavy atom. The van der Waals surface area contributed by atoms with E-state index in [-0.39, 0.29) is 11.6 Å². The Balaban J connectivity index is 1.65. The molecular weight excluding hydrogens is 342 g/mol. The van der Waals surface area contributed by atoms with Gasteiger partial charge in [-0.2, -0.15) is 4.37 Å². The predicted octanol–water partition coefficient (Wildman–Crippen LogP) is 4.93. The number of aromatic nitrogens is 1. The summed E-state index contributed by atoms with van der Waals surface area (Å²) in [4.78, 5) is 25.5. The van der Waals surface area contributed by atoms with Crippen molar-refractivity contribution in [2.45, 2.75) is 6.42 Å². The molecule has 0 saturated carbocycles. The Bertz CT molecular complexity index is 1190. The lowest BCUT2D eigenvalue weighted by atomic mass is 9.86. The van der Waals surface area contributed by atoms with Crippen molar-refractivity contribution in [1.29, 1.82) is 0 Å². The fourth-order valence-corrected chi connectivity index (χ4v) is 4.47. The summed E-state index contributed by atoms with van der Waals surface area (Å²) in [6.07, 6.45) is 0.304. The van der Waals surface area contributed by atoms with E-state index in [1.54, 1.807) is 0 Å². The third-order valence-corrected chi connectivity index (χ3v) is 5.75. The highest BCUT2D eigenvalue weighted by molar-refractivity contribution is 7.14. The van der Waals surface area contributed by atoms with Gasteiger partial charge in [0, 0.05) is 34.1 Å². The van der Waals surface area contributed by atoms with Crippen molar-refractivity contribution in [3.63, 3.8) is 0 Å². The fourth-order valence-electron chi connectivity index (χ4n) is 3.55. The Labute approximate surface area is 154 Å². The molecule has 0 unspecified atom stereocenters. The van der Waals surface area contributed by atoms with E-state index in [1.165, 1.54) is 11.5 Å². The monoisotopic (exact) mass is 355 g/mol. The van der Waals surface area contributed by atoms with E-state index >= 15 is 0 Å². The summed E-state index contributed by atoms with van der Waals surface area (Å²) in [5, 5.41) is 0.886. The summed E-state index contributed by atoms with van der Waals surface area (Å²) in [5.41, 5.74) is 4.72. The molecule has 3 nitrogen and oxygen atoms in total. The van der Waals surface area contributed by atoms with Gasteiger partial charge in [-0.1, -0.05) is 60.7 Å². The highest BCUT2D eigenvalue weighted by atomic mass is 32.1. The molecule has 3 aromatic carbocycles. The Hall–Kier alpha value is -3.11. The molecule has 0 amide bonds. The molecule has 1 heterocycles. The largest absolute Gasteiger partial charge is 0.294 e. The summed E-state index contributed by atoms with van der Waals surface area (Å²) in [6.45, 7) is 0. The maximum atomic E-state index is 12.9. The summed E-state index contributed by atoms with van der Waals surface area (Å²) in [7, 11) is 0. The first-order valence-corrected chi connectivity index (χ1v) is 9.15. The van der Waals surface area contributed by atoms with Crippen LogP contribution in [0.3, 0.4) is 0 Å². The molecule has 1 aromatic heterocycles. The van der Waals surface area contributed by atoms with E-state index < -0.39 is 0 Å². The molecule has 124 valence electrons. The maximum Gasteiger partial charge on any atom is 0.194 e. The van der Waals surface area contributed by atoms with Crippen LogP contribution < -0.4 is 0 Å². The van der Waals surface area contributed by atoms with E-state index in [2.05, 4.69) is 4.37 Å². The molecule has 0 fully saturated rings. The Morgan fingerprint density at radius 1 is 0.846 bits per heavy atom. The standard InChI is InChI=1S/C22H13NO2S/c24-18(13-6-2-1-3-7-13)12-14-10-11-17-19-20(23-26-22(14)19)15-8-4-5-9-16(15)21(17)25/h1-11H,12H2. The normalized spacial score (nSPS) is 12.2. The number of carbonyl (C=O) groups is 2. The highest BCUT2D eigenvalue weighted by Crippen LogP contribution is 2.42. The van der Waals surface area contributed by atoms with Crippen molar-refractivity contribution >= 4 is 33.2 Å². The molecule has 0 bridgehead atoms. The van der Waals surface area contributed by atoms with E-state index in [9.17, 15) is 9.59 Å². The summed E-state index contributed by atoms with van der Waals surface area (Å²) in [5.74, 6) is 0.0950. The molecule has 4 heteroatoms. The third-order valence-electron chi connectivity index (χ3n) is 4.82. The Morgan fingerprint density at radius 3 is 2.38 bits per heavy atom. The van der Waals surface area contributed by atoms with Gasteiger partial charge < -0.3 is 0 Å². The second kappa shape index (κ2) is 5.71. The second-order valence-electron chi connectivity index (χ2n) is 6.35. The zero-order valence-corrected chi connectivity index (χ0v) is 14.5. The molecule has 0 aliphatic heterocycles. The first-order chi connectivity index (χ1) is 12.7. The summed E-state index contributed by atoms with van der Waals surface area (Å²) in [6, 6.07) is 20.6. The van der Waals surface area contributed by atoms with E-state index in [1.807, 2.05) is 66.7 Å². The molecule has 26 heavy (non-hydrogen) atoms. The molecule has 5 rings (SSSR count). The number of nitrogens with zero attached hydrogens (tertiary/aromatic N) is 1. The molecule has 1 aliphatic rings. The second-order valence-corrected chi connectivity index (χ2v) is 7.12. The smallest absolute Gasteiger partial charge is 0.194 e. The van der Waals surface area contributed by atoms with Crippen LogP contribution in [0.25, 0.3) is 21.3 Å². The molecule has 1 aliphatic carbocycles. The highest BCUT2D eigenvalue weighted by Gasteiger charge is 2.28. The van der Waals surface area contributed by atoms with Crippen molar-refractivity contribution in [2.75, 3.05) is 0 Å². The zero-order chi connectivity index (χ0) is 17.7. The van der Waals surface area contributed by atoms with Crippen LogP contribution in [0.15, 0.2) is 66.7 Å². The van der Waals surface area contributed by atoms with Gasteiger partial charge in [-0.15, -0.1) is 0 Å². The van der Waals surface area contributed by atoms with Crippen LogP contribution in [0, 0.1) is 0 Å². The van der Waals surface area contributed by atoms with Gasteiger partial charge in [-0.05, 0) is 23.2 Å². The van der Waals surface area contributed by atoms with Gasteiger partial charge in [-0.3, -0.25) is 9.59 Å². The van der Waals surface area contributed by atoms with Gasteiger partial charge in [0.1, 0.15) is 0 Å². The van der Waals surface area contributed by atoms with E-state index in [0.29, 0.717) is 23.1 Å². The van der Waals surface area contributed by atoms with Crippen LogP contribution in [0.2, 0.25) is 0 Å². The van der Waals surface area contributed by atoms with Crippen LogP contribution in [0.5, 0.6) is 0 Å². The lowest BCUT2D eigenvalue weighted by Gasteiger charge is -2.15. The topological polar surface area (TPSA) is 47.0 Å². The lowest BCUT2D eigenvalue weighted by Crippen LogP contribution is -2.10. The molecule has 0 N–H and O–H groups in total. The minimum absolute atomic E-state index is 0.0271. The molecule has 0 atom stereocenters. The number of Topliss-reactive ketones (excluding diaryl/α,β-unsaturated/α-hetero) is 1. The van der Waals surface area contributed by atoms with Gasteiger partial charge in [0.05, 0.1) is 10.4 Å². The van der Waals surface area contributed by atoms with E-state index in [4.69, 9.17) is 0 Å². The number of hydrogen-bond acceptors (Lipinski definition) is 4.